The summed E-state index contributed by atoms with van der Waals surface area (Å²) in [7, 11) is 3.77. The van der Waals surface area contributed by atoms with Crippen LogP contribution >= 0.6 is 0 Å². The minimum absolute atomic E-state index is 0. The Morgan fingerprint density at radius 2 is 2.21 bits per heavy atom. The van der Waals surface area contributed by atoms with Crippen molar-refractivity contribution in [2.24, 2.45) is 0 Å². The number of hydrogen-bond acceptors (Lipinski definition) is 4. The molecule has 1 rings (SSSR count). The molecule has 1 heterocycles. The van der Waals surface area contributed by atoms with Gasteiger partial charge >= 0.3 is 29.6 Å². The summed E-state index contributed by atoms with van der Waals surface area (Å²) in [6, 6.07) is 3.55. The van der Waals surface area contributed by atoms with E-state index in [0.29, 0.717) is 5.69 Å². The predicted octanol–water partition coefficient (Wildman–Crippen LogP) is -3.56. The van der Waals surface area contributed by atoms with Crippen LogP contribution in [0.4, 0.5) is 5.69 Å². The number of carbonyl (C=O) groups excluding carboxylic acids is 1. The molecule has 14 heavy (non-hydrogen) atoms. The molecule has 5 heteroatoms. The van der Waals surface area contributed by atoms with Crippen LogP contribution in [0, 0.1) is 0 Å². The van der Waals surface area contributed by atoms with Crippen LogP contribution in [0.2, 0.25) is 0 Å². The van der Waals surface area contributed by atoms with Crippen molar-refractivity contribution in [3.63, 3.8) is 0 Å². The Kier molecular flexibility index (Phi) is 5.76. The Hall–Kier alpha value is -0.580. The van der Waals surface area contributed by atoms with Crippen LogP contribution in [0.25, 0.3) is 0 Å². The summed E-state index contributed by atoms with van der Waals surface area (Å²) in [5.74, 6) is -1.11. The van der Waals surface area contributed by atoms with E-state index >= 15 is 0 Å². The molecule has 1 aromatic heterocycles. The zero-order chi connectivity index (χ0) is 9.84. The molecule has 4 nitrogen and oxygen atoms in total. The van der Waals surface area contributed by atoms with E-state index in [1.807, 2.05) is 25.1 Å². The van der Waals surface area contributed by atoms with E-state index in [9.17, 15) is 9.90 Å². The van der Waals surface area contributed by atoms with Gasteiger partial charge in [-0.05, 0) is 12.1 Å². The predicted molar refractivity (Wildman–Crippen MR) is 47.3 cm³/mol. The van der Waals surface area contributed by atoms with Crippen molar-refractivity contribution in [2.75, 3.05) is 19.0 Å². The van der Waals surface area contributed by atoms with E-state index in [4.69, 9.17) is 0 Å². The fraction of sp³-hybridized carbons (Fsp3) is 0.333. The van der Waals surface area contributed by atoms with Gasteiger partial charge in [0, 0.05) is 44.1 Å². The third-order valence-corrected chi connectivity index (χ3v) is 1.64. The average molecular weight is 202 g/mol. The molecule has 0 aliphatic rings. The molecule has 0 bridgehead atoms. The molecule has 0 spiro atoms. The second-order valence-electron chi connectivity index (χ2n) is 2.95. The molecule has 0 saturated heterocycles. The Morgan fingerprint density at radius 1 is 1.57 bits per heavy atom. The summed E-state index contributed by atoms with van der Waals surface area (Å²) in [5.41, 5.74) is 1.46. The number of nitrogens with zero attached hydrogens (tertiary/aromatic N) is 2. The first kappa shape index (κ1) is 13.4. The minimum Gasteiger partial charge on any atom is -0.550 e. The van der Waals surface area contributed by atoms with Crippen molar-refractivity contribution >= 4 is 11.7 Å². The number of anilines is 1. The molecule has 0 N–H and O–H groups in total. The maximum Gasteiger partial charge on any atom is 1.00 e. The Balaban J connectivity index is 0.00000169. The van der Waals surface area contributed by atoms with Crippen LogP contribution in [0.3, 0.4) is 0 Å². The third kappa shape index (κ3) is 4.09. The van der Waals surface area contributed by atoms with Gasteiger partial charge in [0.25, 0.3) is 0 Å². The number of aromatic nitrogens is 1. The molecule has 1 aromatic rings. The number of rotatable bonds is 3. The molecule has 0 aliphatic carbocycles. The minimum atomic E-state index is -1.11. The van der Waals surface area contributed by atoms with Gasteiger partial charge in [0.2, 0.25) is 0 Å². The van der Waals surface area contributed by atoms with Crippen LogP contribution in [0.5, 0.6) is 0 Å². The summed E-state index contributed by atoms with van der Waals surface area (Å²) < 4.78 is 0. The first-order chi connectivity index (χ1) is 6.09. The zero-order valence-electron chi connectivity index (χ0n) is 8.65. The average Bonchev–Trinajstić information content (AvgIpc) is 2.03. The fourth-order valence-electron chi connectivity index (χ4n) is 0.988. The molecule has 0 radical (unpaired) electrons. The number of carboxylic acids is 1. The third-order valence-electron chi connectivity index (χ3n) is 1.64. The van der Waals surface area contributed by atoms with Crippen molar-refractivity contribution in [3.05, 3.63) is 24.0 Å². The molecule has 0 aliphatic heterocycles. The summed E-state index contributed by atoms with van der Waals surface area (Å²) >= 11 is 0. The molecular weight excluding hydrogens is 191 g/mol. The normalized spacial score (nSPS) is 9.00. The Morgan fingerprint density at radius 3 is 2.71 bits per heavy atom. The second kappa shape index (κ2) is 6.01. The van der Waals surface area contributed by atoms with E-state index in [-0.39, 0.29) is 36.0 Å². The van der Waals surface area contributed by atoms with E-state index < -0.39 is 5.97 Å². The zero-order valence-corrected chi connectivity index (χ0v) is 10.7. The smallest absolute Gasteiger partial charge is 0.550 e. The van der Waals surface area contributed by atoms with Gasteiger partial charge in [0.1, 0.15) is 0 Å². The van der Waals surface area contributed by atoms with Gasteiger partial charge in [0.15, 0.2) is 0 Å². The van der Waals surface area contributed by atoms with Crippen LogP contribution in [0.15, 0.2) is 18.3 Å². The van der Waals surface area contributed by atoms with Gasteiger partial charge in [-0.15, -0.1) is 0 Å². The summed E-state index contributed by atoms with van der Waals surface area (Å²) in [6.07, 6.45) is 1.45. The van der Waals surface area contributed by atoms with Crippen molar-refractivity contribution < 1.29 is 39.5 Å². The number of carboxylic acid groups (broad SMARTS) is 1. The largest absolute Gasteiger partial charge is 1.00 e. The second-order valence-corrected chi connectivity index (χ2v) is 2.95. The van der Waals surface area contributed by atoms with Crippen LogP contribution in [-0.4, -0.2) is 25.0 Å². The van der Waals surface area contributed by atoms with E-state index in [1.54, 1.807) is 12.3 Å². The fourth-order valence-corrected chi connectivity index (χ4v) is 0.988. The van der Waals surface area contributed by atoms with Crippen LogP contribution < -0.4 is 39.6 Å². The van der Waals surface area contributed by atoms with Crippen molar-refractivity contribution in [1.29, 1.82) is 0 Å². The van der Waals surface area contributed by atoms with E-state index in [2.05, 4.69) is 4.98 Å². The maximum absolute atomic E-state index is 10.3. The molecule has 0 atom stereocenters. The van der Waals surface area contributed by atoms with Gasteiger partial charge in [-0.25, -0.2) is 0 Å². The Labute approximate surface area is 105 Å². The van der Waals surface area contributed by atoms with Gasteiger partial charge in [0.05, 0.1) is 0 Å². The van der Waals surface area contributed by atoms with Crippen molar-refractivity contribution in [2.45, 2.75) is 6.42 Å². The maximum atomic E-state index is 10.3. The Bertz CT molecular complexity index is 315. The first-order valence-corrected chi connectivity index (χ1v) is 3.91. The van der Waals surface area contributed by atoms with Crippen LogP contribution in [0.1, 0.15) is 5.69 Å². The molecule has 70 valence electrons. The molecule has 0 fully saturated rings. The monoisotopic (exact) mass is 202 g/mol. The summed E-state index contributed by atoms with van der Waals surface area (Å²) in [6.45, 7) is 0. The number of pyridine rings is 1. The molecule has 0 amide bonds. The molecule has 0 unspecified atom stereocenters. The summed E-state index contributed by atoms with van der Waals surface area (Å²) in [5, 5.41) is 10.3. The first-order valence-electron chi connectivity index (χ1n) is 3.91. The quantitative estimate of drug-likeness (QED) is 0.476. The van der Waals surface area contributed by atoms with Gasteiger partial charge in [-0.2, -0.15) is 0 Å². The van der Waals surface area contributed by atoms with Crippen molar-refractivity contribution in [1.82, 2.24) is 4.98 Å². The van der Waals surface area contributed by atoms with Gasteiger partial charge in [-0.3, -0.25) is 4.98 Å². The SMILES string of the molecule is CN(C)c1ccnc(CC(=O)[O-])c1.[Na+]. The van der Waals surface area contributed by atoms with Gasteiger partial charge < -0.3 is 14.8 Å². The van der Waals surface area contributed by atoms with Crippen LogP contribution in [-0.2, 0) is 11.2 Å². The standard InChI is InChI=1S/C9H12N2O2.Na/c1-11(2)8-3-4-10-7(5-8)6-9(12)13;/h3-5H,6H2,1-2H3,(H,12,13);/q;+1/p-1. The number of aliphatic carboxylic acids is 1. The van der Waals surface area contributed by atoms with Crippen molar-refractivity contribution in [3.8, 4) is 0 Å². The topological polar surface area (TPSA) is 56.3 Å². The molecule has 0 saturated carbocycles. The van der Waals surface area contributed by atoms with E-state index in [1.165, 1.54) is 0 Å². The molecular formula is C9H11N2NaO2. The number of carbonyl (C=O) groups is 1. The summed E-state index contributed by atoms with van der Waals surface area (Å²) in [4.78, 5) is 16.1. The molecule has 0 aromatic carbocycles. The number of hydrogen-bond donors (Lipinski definition) is 0. The van der Waals surface area contributed by atoms with Gasteiger partial charge in [-0.1, -0.05) is 0 Å². The van der Waals surface area contributed by atoms with E-state index in [0.717, 1.165) is 5.69 Å².